The number of carbonyl (C=O) groups excluding carboxylic acids is 2. The Hall–Kier alpha value is -2.56. The first-order valence-electron chi connectivity index (χ1n) is 6.76. The fourth-order valence-electron chi connectivity index (χ4n) is 2.11. The molecule has 2 rings (SSSR count). The van der Waals surface area contributed by atoms with E-state index in [1.54, 1.807) is 0 Å². The van der Waals surface area contributed by atoms with Crippen molar-refractivity contribution in [2.45, 2.75) is 12.8 Å². The van der Waals surface area contributed by atoms with Crippen molar-refractivity contribution in [1.29, 1.82) is 0 Å². The molecule has 2 aromatic rings. The highest BCUT2D eigenvalue weighted by Gasteiger charge is 2.15. The van der Waals surface area contributed by atoms with E-state index in [0.29, 0.717) is 0 Å². The van der Waals surface area contributed by atoms with Gasteiger partial charge in [0.15, 0.2) is 0 Å². The van der Waals surface area contributed by atoms with Gasteiger partial charge in [-0.05, 0) is 23.3 Å². The quantitative estimate of drug-likeness (QED) is 0.826. The Morgan fingerprint density at radius 1 is 1.19 bits per heavy atom. The minimum atomic E-state index is -0.841. The van der Waals surface area contributed by atoms with Crippen LogP contribution in [0, 0.1) is 0 Å². The van der Waals surface area contributed by atoms with Gasteiger partial charge >= 0.3 is 6.09 Å². The molecule has 0 saturated carbocycles. The molecule has 2 amide bonds. The van der Waals surface area contributed by atoms with Crippen LogP contribution in [0.4, 0.5) is 4.79 Å². The molecule has 0 aliphatic heterocycles. The molecule has 110 valence electrons. The van der Waals surface area contributed by atoms with Crippen LogP contribution in [0.1, 0.15) is 18.4 Å². The monoisotopic (exact) mass is 286 g/mol. The van der Waals surface area contributed by atoms with Gasteiger partial charge in [0, 0.05) is 0 Å². The summed E-state index contributed by atoms with van der Waals surface area (Å²) in [7, 11) is 0. The van der Waals surface area contributed by atoms with Crippen LogP contribution in [0.15, 0.2) is 42.5 Å². The third-order valence-electron chi connectivity index (χ3n) is 3.31. The summed E-state index contributed by atoms with van der Waals surface area (Å²) in [6.45, 7) is 2.17. The summed E-state index contributed by atoms with van der Waals surface area (Å²) in [6.07, 6.45) is -0.841. The first-order chi connectivity index (χ1) is 10.1. The number of primary amides is 1. The number of nitrogens with one attached hydrogen (secondary N) is 1. The molecule has 0 heterocycles. The lowest BCUT2D eigenvalue weighted by atomic mass is 9.97. The highest BCUT2D eigenvalue weighted by Crippen LogP contribution is 2.21. The van der Waals surface area contributed by atoms with E-state index in [9.17, 15) is 9.59 Å². The molecule has 0 radical (unpaired) electrons. The van der Waals surface area contributed by atoms with E-state index >= 15 is 0 Å². The third-order valence-corrected chi connectivity index (χ3v) is 3.31. The van der Waals surface area contributed by atoms with Crippen LogP contribution in [0.2, 0.25) is 0 Å². The molecule has 5 heteroatoms. The Morgan fingerprint density at radius 2 is 1.90 bits per heavy atom. The van der Waals surface area contributed by atoms with Crippen molar-refractivity contribution >= 4 is 22.8 Å². The zero-order chi connectivity index (χ0) is 15.2. The largest absolute Gasteiger partial charge is 0.448 e. The van der Waals surface area contributed by atoms with Crippen molar-refractivity contribution in [2.75, 3.05) is 13.2 Å². The minimum absolute atomic E-state index is 0.0749. The molecule has 0 aliphatic carbocycles. The molecule has 21 heavy (non-hydrogen) atoms. The van der Waals surface area contributed by atoms with Gasteiger partial charge in [-0.3, -0.25) is 4.79 Å². The fourth-order valence-corrected chi connectivity index (χ4v) is 2.11. The molecule has 3 N–H and O–H groups in total. The van der Waals surface area contributed by atoms with Gasteiger partial charge in [-0.25, -0.2) is 4.79 Å². The van der Waals surface area contributed by atoms with Crippen LogP contribution >= 0.6 is 0 Å². The van der Waals surface area contributed by atoms with Gasteiger partial charge in [0.1, 0.15) is 6.61 Å². The van der Waals surface area contributed by atoms with Crippen molar-refractivity contribution in [1.82, 2.24) is 5.32 Å². The van der Waals surface area contributed by atoms with E-state index in [1.807, 2.05) is 49.4 Å². The second-order valence-corrected chi connectivity index (χ2v) is 4.79. The van der Waals surface area contributed by atoms with Crippen molar-refractivity contribution in [3.8, 4) is 0 Å². The Labute approximate surface area is 123 Å². The lowest BCUT2D eigenvalue weighted by Crippen LogP contribution is -2.32. The zero-order valence-electron chi connectivity index (χ0n) is 11.8. The van der Waals surface area contributed by atoms with E-state index < -0.39 is 6.09 Å². The number of hydrogen-bond acceptors (Lipinski definition) is 3. The molecule has 0 bridgehead atoms. The topological polar surface area (TPSA) is 81.4 Å². The summed E-state index contributed by atoms with van der Waals surface area (Å²) in [5.74, 6) is -0.387. The Kier molecular flexibility index (Phi) is 4.77. The van der Waals surface area contributed by atoms with E-state index in [0.717, 1.165) is 16.3 Å². The van der Waals surface area contributed by atoms with Crippen LogP contribution in [-0.2, 0) is 9.53 Å². The molecule has 5 nitrogen and oxygen atoms in total. The highest BCUT2D eigenvalue weighted by molar-refractivity contribution is 5.87. The molecule has 0 unspecified atom stereocenters. The first kappa shape index (κ1) is 14.8. The standard InChI is InChI=1S/C16H18N2O3/c1-11(15(19)18-8-9-21-16(17)20)13-7-6-12-4-2-3-5-14(12)10-13/h2-7,10-11H,8-9H2,1H3,(H2,17,20)(H,18,19)/t11-/m0/s1. The summed E-state index contributed by atoms with van der Waals surface area (Å²) in [4.78, 5) is 22.5. The molecule has 0 saturated heterocycles. The van der Waals surface area contributed by atoms with Crippen LogP contribution in [0.5, 0.6) is 0 Å². The van der Waals surface area contributed by atoms with E-state index in [-0.39, 0.29) is 25.0 Å². The predicted molar refractivity (Wildman–Crippen MR) is 80.9 cm³/mol. The molecule has 0 spiro atoms. The maximum absolute atomic E-state index is 12.0. The fraction of sp³-hybridized carbons (Fsp3) is 0.250. The van der Waals surface area contributed by atoms with Crippen LogP contribution in [-0.4, -0.2) is 25.2 Å². The zero-order valence-corrected chi connectivity index (χ0v) is 11.8. The molecular formula is C16H18N2O3. The second-order valence-electron chi connectivity index (χ2n) is 4.79. The summed E-state index contributed by atoms with van der Waals surface area (Å²) >= 11 is 0. The van der Waals surface area contributed by atoms with Crippen molar-refractivity contribution in [3.05, 3.63) is 48.0 Å². The van der Waals surface area contributed by atoms with E-state index in [1.165, 1.54) is 0 Å². The van der Waals surface area contributed by atoms with Gasteiger partial charge in [-0.1, -0.05) is 42.5 Å². The average Bonchev–Trinajstić information content (AvgIpc) is 2.50. The minimum Gasteiger partial charge on any atom is -0.448 e. The Bertz CT molecular complexity index is 655. The normalized spacial score (nSPS) is 11.9. The number of carbonyl (C=O) groups is 2. The predicted octanol–water partition coefficient (Wildman–Crippen LogP) is 2.15. The van der Waals surface area contributed by atoms with E-state index in [2.05, 4.69) is 10.1 Å². The van der Waals surface area contributed by atoms with E-state index in [4.69, 9.17) is 5.73 Å². The van der Waals surface area contributed by atoms with Crippen LogP contribution < -0.4 is 11.1 Å². The molecule has 0 aromatic heterocycles. The molecule has 0 aliphatic rings. The molecule has 2 aromatic carbocycles. The summed E-state index contributed by atoms with van der Waals surface area (Å²) < 4.78 is 4.56. The lowest BCUT2D eigenvalue weighted by molar-refractivity contribution is -0.122. The third kappa shape index (κ3) is 3.95. The summed E-state index contributed by atoms with van der Waals surface area (Å²) in [5.41, 5.74) is 5.79. The molecule has 0 fully saturated rings. The number of nitrogens with two attached hydrogens (primary N) is 1. The Balaban J connectivity index is 1.98. The SMILES string of the molecule is C[C@H](C(=O)NCCOC(N)=O)c1ccc2ccccc2c1. The van der Waals surface area contributed by atoms with Crippen molar-refractivity contribution in [2.24, 2.45) is 5.73 Å². The number of hydrogen-bond donors (Lipinski definition) is 2. The molecule has 1 atom stereocenters. The van der Waals surface area contributed by atoms with Gasteiger partial charge < -0.3 is 15.8 Å². The van der Waals surface area contributed by atoms with Gasteiger partial charge in [0.2, 0.25) is 5.91 Å². The maximum Gasteiger partial charge on any atom is 0.404 e. The maximum atomic E-state index is 12.0. The summed E-state index contributed by atoms with van der Waals surface area (Å²) in [5, 5.41) is 4.96. The first-order valence-corrected chi connectivity index (χ1v) is 6.76. The van der Waals surface area contributed by atoms with Crippen molar-refractivity contribution in [3.63, 3.8) is 0 Å². The lowest BCUT2D eigenvalue weighted by Gasteiger charge is -2.13. The number of fused-ring (bicyclic) bond motifs is 1. The van der Waals surface area contributed by atoms with Gasteiger partial charge in [0.25, 0.3) is 0 Å². The Morgan fingerprint density at radius 3 is 2.62 bits per heavy atom. The smallest absolute Gasteiger partial charge is 0.404 e. The van der Waals surface area contributed by atoms with Gasteiger partial charge in [-0.15, -0.1) is 0 Å². The van der Waals surface area contributed by atoms with Crippen LogP contribution in [0.25, 0.3) is 10.8 Å². The van der Waals surface area contributed by atoms with Gasteiger partial charge in [-0.2, -0.15) is 0 Å². The molecular weight excluding hydrogens is 268 g/mol. The number of ether oxygens (including phenoxy) is 1. The van der Waals surface area contributed by atoms with Crippen LogP contribution in [0.3, 0.4) is 0 Å². The highest BCUT2D eigenvalue weighted by atomic mass is 16.5. The summed E-state index contributed by atoms with van der Waals surface area (Å²) in [6, 6.07) is 14.0. The number of amides is 2. The van der Waals surface area contributed by atoms with Crippen molar-refractivity contribution < 1.29 is 14.3 Å². The number of rotatable bonds is 5. The second kappa shape index (κ2) is 6.74. The number of benzene rings is 2. The average molecular weight is 286 g/mol. The van der Waals surface area contributed by atoms with Gasteiger partial charge in [0.05, 0.1) is 12.5 Å².